The Bertz CT molecular complexity index is 548. The molecule has 2 rings (SSSR count). The molecule has 3 heteroatoms. The molecule has 1 aromatic carbocycles. The second-order valence-corrected chi connectivity index (χ2v) is 4.12. The average molecular weight is 226 g/mol. The summed E-state index contributed by atoms with van der Waals surface area (Å²) < 4.78 is 0. The largest absolute Gasteiger partial charge is 0.396 e. The van der Waals surface area contributed by atoms with Crippen molar-refractivity contribution in [1.29, 1.82) is 0 Å². The Hall–Kier alpha value is -2.16. The van der Waals surface area contributed by atoms with Gasteiger partial charge in [0, 0.05) is 0 Å². The summed E-state index contributed by atoms with van der Waals surface area (Å²) in [5.41, 5.74) is 9.46. The van der Waals surface area contributed by atoms with E-state index in [1.54, 1.807) is 6.08 Å². The Morgan fingerprint density at radius 1 is 1.06 bits per heavy atom. The molecule has 0 fully saturated rings. The van der Waals surface area contributed by atoms with Crippen LogP contribution >= 0.6 is 0 Å². The second kappa shape index (κ2) is 4.37. The highest BCUT2D eigenvalue weighted by Crippen LogP contribution is 2.17. The zero-order valence-corrected chi connectivity index (χ0v) is 9.90. The molecule has 0 spiro atoms. The number of carbonyl (C=O) groups excluding carboxylic acids is 1. The van der Waals surface area contributed by atoms with Gasteiger partial charge in [-0.2, -0.15) is 0 Å². The molecule has 1 aliphatic rings. The van der Waals surface area contributed by atoms with Gasteiger partial charge in [-0.1, -0.05) is 17.7 Å². The van der Waals surface area contributed by atoms with Crippen molar-refractivity contribution in [2.45, 2.75) is 13.8 Å². The Morgan fingerprint density at radius 2 is 1.71 bits per heavy atom. The molecular formula is C14H14N2O. The summed E-state index contributed by atoms with van der Waals surface area (Å²) in [6.07, 6.45) is 3.14. The molecule has 86 valence electrons. The minimum Gasteiger partial charge on any atom is -0.396 e. The topological polar surface area (TPSA) is 55.5 Å². The minimum absolute atomic E-state index is 0.148. The number of hydrogen-bond donors (Lipinski definition) is 1. The summed E-state index contributed by atoms with van der Waals surface area (Å²) in [5.74, 6) is -0.148. The summed E-state index contributed by atoms with van der Waals surface area (Å²) >= 11 is 0. The van der Waals surface area contributed by atoms with Crippen LogP contribution in [-0.2, 0) is 4.79 Å². The van der Waals surface area contributed by atoms with Crippen molar-refractivity contribution in [2.75, 3.05) is 0 Å². The molecule has 17 heavy (non-hydrogen) atoms. The normalized spacial score (nSPS) is 18.0. The molecule has 0 heterocycles. The molecule has 0 saturated heterocycles. The molecule has 0 aliphatic heterocycles. The molecule has 2 N–H and O–H groups in total. The molecule has 0 bridgehead atoms. The van der Waals surface area contributed by atoms with Gasteiger partial charge in [0.25, 0.3) is 0 Å². The van der Waals surface area contributed by atoms with Crippen LogP contribution in [0.2, 0.25) is 0 Å². The molecule has 0 saturated carbocycles. The van der Waals surface area contributed by atoms with E-state index in [0.717, 1.165) is 17.0 Å². The predicted molar refractivity (Wildman–Crippen MR) is 69.3 cm³/mol. The van der Waals surface area contributed by atoms with E-state index in [0.29, 0.717) is 0 Å². The summed E-state index contributed by atoms with van der Waals surface area (Å²) in [5, 5.41) is 0. The quantitative estimate of drug-likeness (QED) is 0.748. The van der Waals surface area contributed by atoms with Gasteiger partial charge in [0.15, 0.2) is 0 Å². The zero-order chi connectivity index (χ0) is 12.4. The highest BCUT2D eigenvalue weighted by Gasteiger charge is 2.13. The van der Waals surface area contributed by atoms with Crippen LogP contribution in [0.1, 0.15) is 12.5 Å². The molecule has 0 aromatic heterocycles. The second-order valence-electron chi connectivity index (χ2n) is 4.12. The lowest BCUT2D eigenvalue weighted by molar-refractivity contribution is -0.111. The van der Waals surface area contributed by atoms with Crippen molar-refractivity contribution in [1.82, 2.24) is 0 Å². The average Bonchev–Trinajstić information content (AvgIpc) is 2.29. The van der Waals surface area contributed by atoms with Crippen molar-refractivity contribution in [2.24, 2.45) is 10.7 Å². The molecule has 1 aliphatic carbocycles. The van der Waals surface area contributed by atoms with E-state index in [1.807, 2.05) is 38.1 Å². The monoisotopic (exact) mass is 226 g/mol. The van der Waals surface area contributed by atoms with Crippen molar-refractivity contribution >= 4 is 17.2 Å². The highest BCUT2D eigenvalue weighted by atomic mass is 16.1. The van der Waals surface area contributed by atoms with Crippen LogP contribution in [0.3, 0.4) is 0 Å². The number of allylic oxidation sites excluding steroid dienone is 3. The van der Waals surface area contributed by atoms with Crippen LogP contribution in [0.4, 0.5) is 5.69 Å². The lowest BCUT2D eigenvalue weighted by Gasteiger charge is -2.09. The minimum atomic E-state index is -0.148. The smallest absolute Gasteiger partial charge is 0.201 e. The van der Waals surface area contributed by atoms with Gasteiger partial charge in [-0.25, -0.2) is 4.99 Å². The molecule has 0 unspecified atom stereocenters. The number of ketones is 1. The van der Waals surface area contributed by atoms with Crippen LogP contribution in [0, 0.1) is 6.92 Å². The fraction of sp³-hybridized carbons (Fsp3) is 0.143. The van der Waals surface area contributed by atoms with Crippen LogP contribution in [0.15, 0.2) is 52.7 Å². The number of rotatable bonds is 1. The third-order valence-corrected chi connectivity index (χ3v) is 2.61. The van der Waals surface area contributed by atoms with E-state index in [4.69, 9.17) is 5.73 Å². The van der Waals surface area contributed by atoms with Crippen LogP contribution in [-0.4, -0.2) is 11.5 Å². The van der Waals surface area contributed by atoms with Gasteiger partial charge in [0.1, 0.15) is 0 Å². The number of carbonyl (C=O) groups is 1. The van der Waals surface area contributed by atoms with Gasteiger partial charge in [-0.15, -0.1) is 0 Å². The van der Waals surface area contributed by atoms with Crippen molar-refractivity contribution in [3.8, 4) is 0 Å². The van der Waals surface area contributed by atoms with Crippen molar-refractivity contribution in [3.63, 3.8) is 0 Å². The zero-order valence-electron chi connectivity index (χ0n) is 9.90. The number of hydrogen-bond acceptors (Lipinski definition) is 3. The number of aryl methyl sites for hydroxylation is 1. The Kier molecular flexibility index (Phi) is 2.91. The molecule has 1 aromatic rings. The Morgan fingerprint density at radius 3 is 2.35 bits per heavy atom. The van der Waals surface area contributed by atoms with E-state index >= 15 is 0 Å². The van der Waals surface area contributed by atoms with Gasteiger partial charge < -0.3 is 5.73 Å². The Balaban J connectivity index is 2.37. The van der Waals surface area contributed by atoms with Gasteiger partial charge in [0.2, 0.25) is 5.78 Å². The summed E-state index contributed by atoms with van der Waals surface area (Å²) in [7, 11) is 0. The first-order valence-electron chi connectivity index (χ1n) is 5.42. The molecule has 0 radical (unpaired) electrons. The first-order chi connectivity index (χ1) is 8.06. The van der Waals surface area contributed by atoms with Gasteiger partial charge in [-0.3, -0.25) is 4.79 Å². The molecule has 0 amide bonds. The van der Waals surface area contributed by atoms with E-state index < -0.39 is 0 Å². The van der Waals surface area contributed by atoms with Crippen molar-refractivity contribution in [3.05, 3.63) is 53.3 Å². The molecule has 3 nitrogen and oxygen atoms in total. The molecular weight excluding hydrogens is 212 g/mol. The first-order valence-corrected chi connectivity index (χ1v) is 5.42. The maximum Gasteiger partial charge on any atom is 0.201 e. The van der Waals surface area contributed by atoms with E-state index in [1.165, 1.54) is 11.6 Å². The Labute approximate surface area is 100 Å². The fourth-order valence-electron chi connectivity index (χ4n) is 1.57. The number of nitrogens with zero attached hydrogens (tertiary/aromatic N) is 1. The number of nitrogens with two attached hydrogens (primary N) is 1. The maximum atomic E-state index is 11.3. The number of aliphatic imine (C=N–C) groups is 1. The maximum absolute atomic E-state index is 11.3. The van der Waals surface area contributed by atoms with Crippen LogP contribution in [0.5, 0.6) is 0 Å². The SMILES string of the molecule is CC1=CC(=O)C(N)=CC1=Nc1ccc(C)cc1. The number of benzene rings is 1. The first kappa shape index (κ1) is 11.3. The van der Waals surface area contributed by atoms with Crippen LogP contribution < -0.4 is 5.73 Å². The molecule has 0 atom stereocenters. The van der Waals surface area contributed by atoms with Gasteiger partial charge in [-0.05, 0) is 43.7 Å². The van der Waals surface area contributed by atoms with Gasteiger partial charge in [0.05, 0.1) is 17.1 Å². The van der Waals surface area contributed by atoms with E-state index in [2.05, 4.69) is 4.99 Å². The van der Waals surface area contributed by atoms with E-state index in [-0.39, 0.29) is 11.5 Å². The van der Waals surface area contributed by atoms with Crippen LogP contribution in [0.25, 0.3) is 0 Å². The third-order valence-electron chi connectivity index (χ3n) is 2.61. The third kappa shape index (κ3) is 2.50. The highest BCUT2D eigenvalue weighted by molar-refractivity contribution is 6.21. The summed E-state index contributed by atoms with van der Waals surface area (Å²) in [4.78, 5) is 15.8. The van der Waals surface area contributed by atoms with E-state index in [9.17, 15) is 4.79 Å². The summed E-state index contributed by atoms with van der Waals surface area (Å²) in [6.45, 7) is 3.88. The lowest BCUT2D eigenvalue weighted by atomic mass is 10.0. The standard InChI is InChI=1S/C14H14N2O/c1-9-3-5-11(6-4-9)16-13-8-12(15)14(17)7-10(13)2/h3-8H,15H2,1-2H3. The van der Waals surface area contributed by atoms with Gasteiger partial charge >= 0.3 is 0 Å². The fourth-order valence-corrected chi connectivity index (χ4v) is 1.57. The summed E-state index contributed by atoms with van der Waals surface area (Å²) in [6, 6.07) is 7.88. The van der Waals surface area contributed by atoms with Crippen molar-refractivity contribution < 1.29 is 4.79 Å². The predicted octanol–water partition coefficient (Wildman–Crippen LogP) is 2.44. The lowest BCUT2D eigenvalue weighted by Crippen LogP contribution is -2.17.